The van der Waals surface area contributed by atoms with Gasteiger partial charge in [0, 0.05) is 57.2 Å². The zero-order valence-corrected chi connectivity index (χ0v) is 25.4. The molecular weight excluding hydrogens is 508 g/mol. The Bertz CT molecular complexity index is 1230. The average molecular weight is 557 g/mol. The fraction of sp³-hybridized carbons (Fsp3) is 0.486. The number of aliphatic hydroxyl groups is 1. The van der Waals surface area contributed by atoms with Crippen LogP contribution in [0.5, 0.6) is 0 Å². The summed E-state index contributed by atoms with van der Waals surface area (Å²) >= 11 is 0. The van der Waals surface area contributed by atoms with Gasteiger partial charge in [-0.1, -0.05) is 74.5 Å². The van der Waals surface area contributed by atoms with Gasteiger partial charge in [-0.15, -0.1) is 0 Å². The number of likely N-dealkylation sites (tertiary alicyclic amines) is 1. The smallest absolute Gasteiger partial charge is 0.139 e. The second-order valence-corrected chi connectivity index (χ2v) is 12.1. The maximum atomic E-state index is 12.0. The highest BCUT2D eigenvalue weighted by Gasteiger charge is 2.42. The van der Waals surface area contributed by atoms with E-state index in [1.807, 2.05) is 18.3 Å². The van der Waals surface area contributed by atoms with Crippen molar-refractivity contribution in [3.8, 4) is 0 Å². The van der Waals surface area contributed by atoms with Crippen molar-refractivity contribution in [3.63, 3.8) is 0 Å². The van der Waals surface area contributed by atoms with Crippen molar-refractivity contribution in [2.75, 3.05) is 52.4 Å². The molecule has 3 aliphatic rings. The molecule has 5 rings (SSSR count). The fourth-order valence-corrected chi connectivity index (χ4v) is 5.98. The van der Waals surface area contributed by atoms with Crippen LogP contribution in [0.15, 0.2) is 79.2 Å². The van der Waals surface area contributed by atoms with Crippen LogP contribution in [0.2, 0.25) is 0 Å². The molecule has 3 heterocycles. The second-order valence-electron chi connectivity index (χ2n) is 12.1. The topological polar surface area (TPSA) is 59.9 Å². The molecule has 0 bridgehead atoms. The zero-order valence-electron chi connectivity index (χ0n) is 25.4. The minimum atomic E-state index is -0.575. The molecule has 2 unspecified atom stereocenters. The number of ketones is 1. The normalized spacial score (nSPS) is 23.2. The van der Waals surface area contributed by atoms with Crippen LogP contribution in [0.3, 0.4) is 0 Å². The predicted octanol–water partition coefficient (Wildman–Crippen LogP) is 5.32. The molecule has 2 aliphatic heterocycles. The number of allylic oxidation sites excluding steroid dienone is 2. The van der Waals surface area contributed by atoms with Crippen LogP contribution in [0.25, 0.3) is 5.57 Å². The van der Waals surface area contributed by atoms with Crippen molar-refractivity contribution >= 4 is 11.4 Å². The Hall–Kier alpha value is -3.06. The number of pyridine rings is 1. The van der Waals surface area contributed by atoms with Crippen LogP contribution in [-0.4, -0.2) is 89.0 Å². The van der Waals surface area contributed by atoms with Crippen molar-refractivity contribution in [1.82, 2.24) is 19.7 Å². The van der Waals surface area contributed by atoms with Gasteiger partial charge in [-0.25, -0.2) is 0 Å². The first-order chi connectivity index (χ1) is 19.7. The van der Waals surface area contributed by atoms with Crippen LogP contribution < -0.4 is 0 Å². The van der Waals surface area contributed by atoms with E-state index in [1.165, 1.54) is 16.7 Å². The molecule has 2 saturated heterocycles. The highest BCUT2D eigenvalue weighted by atomic mass is 16.3. The summed E-state index contributed by atoms with van der Waals surface area (Å²) in [5.41, 5.74) is 5.57. The first-order valence-electron chi connectivity index (χ1n) is 15.1. The van der Waals surface area contributed by atoms with Crippen LogP contribution in [0.4, 0.5) is 0 Å². The molecule has 2 atom stereocenters. The number of nitrogens with zero attached hydrogens (tertiary/aromatic N) is 4. The monoisotopic (exact) mass is 556 g/mol. The van der Waals surface area contributed by atoms with Crippen LogP contribution in [-0.2, 0) is 4.79 Å². The van der Waals surface area contributed by atoms with Crippen molar-refractivity contribution in [1.29, 1.82) is 0 Å². The summed E-state index contributed by atoms with van der Waals surface area (Å²) in [5.74, 6) is 0.748. The van der Waals surface area contributed by atoms with Gasteiger partial charge in [-0.3, -0.25) is 19.6 Å². The van der Waals surface area contributed by atoms with E-state index in [1.54, 1.807) is 6.92 Å². The van der Waals surface area contributed by atoms with E-state index in [9.17, 15) is 9.90 Å². The van der Waals surface area contributed by atoms with Gasteiger partial charge < -0.3 is 10.0 Å². The van der Waals surface area contributed by atoms with E-state index in [0.29, 0.717) is 18.5 Å². The summed E-state index contributed by atoms with van der Waals surface area (Å²) < 4.78 is 0. The molecule has 2 aromatic rings. The number of aryl methyl sites for hydroxylation is 1. The third-order valence-corrected chi connectivity index (χ3v) is 8.87. The van der Waals surface area contributed by atoms with E-state index in [2.05, 4.69) is 95.6 Å². The standard InChI is InChI=1S/C25H34N4O2.C10H14/c1-20(17-27-12-10-25(18-27,19-30)21(2)31)28-13-15-29(16-14-28)23-8-6-22(7-9-23)24-5-3-4-11-26-24;1-8(2)10-6-4-5-9(3)7-10/h3-8,11,23,30H,1,9-10,12-19H2,2H3;4-8H,1-3H3. The lowest BCUT2D eigenvalue weighted by Crippen LogP contribution is -2.50. The Morgan fingerprint density at radius 3 is 2.44 bits per heavy atom. The van der Waals surface area contributed by atoms with Crippen molar-refractivity contribution in [3.05, 3.63) is 96.0 Å². The van der Waals surface area contributed by atoms with Gasteiger partial charge in [0.1, 0.15) is 5.78 Å². The average Bonchev–Trinajstić information content (AvgIpc) is 3.42. The Morgan fingerprint density at radius 2 is 1.90 bits per heavy atom. The van der Waals surface area contributed by atoms with E-state index in [-0.39, 0.29) is 12.4 Å². The Balaban J connectivity index is 0.000000328. The lowest BCUT2D eigenvalue weighted by Gasteiger charge is -2.41. The molecule has 0 saturated carbocycles. The molecule has 2 fully saturated rings. The summed E-state index contributed by atoms with van der Waals surface area (Å²) in [6.45, 7) is 18.7. The molecule has 1 aliphatic carbocycles. The summed E-state index contributed by atoms with van der Waals surface area (Å²) in [5, 5.41) is 9.72. The fourth-order valence-electron chi connectivity index (χ4n) is 5.98. The number of benzene rings is 1. The largest absolute Gasteiger partial charge is 0.395 e. The molecule has 1 aromatic carbocycles. The first-order valence-corrected chi connectivity index (χ1v) is 15.1. The predicted molar refractivity (Wildman–Crippen MR) is 169 cm³/mol. The summed E-state index contributed by atoms with van der Waals surface area (Å²) in [6, 6.07) is 15.1. The number of carbonyl (C=O) groups is 1. The molecule has 41 heavy (non-hydrogen) atoms. The second kappa shape index (κ2) is 14.2. The van der Waals surface area contributed by atoms with Gasteiger partial charge in [-0.05, 0) is 62.4 Å². The van der Waals surface area contributed by atoms with Gasteiger partial charge in [0.15, 0.2) is 0 Å². The van der Waals surface area contributed by atoms with Crippen LogP contribution in [0, 0.1) is 12.3 Å². The molecule has 6 heteroatoms. The van der Waals surface area contributed by atoms with Crippen LogP contribution in [0.1, 0.15) is 56.4 Å². The number of carbonyl (C=O) groups excluding carboxylic acids is 1. The maximum absolute atomic E-state index is 12.0. The Kier molecular flexibility index (Phi) is 10.7. The molecule has 1 N–H and O–H groups in total. The summed E-state index contributed by atoms with van der Waals surface area (Å²) in [6.07, 6.45) is 10.4. The van der Waals surface area contributed by atoms with Crippen LogP contribution >= 0.6 is 0 Å². The Morgan fingerprint density at radius 1 is 1.12 bits per heavy atom. The van der Waals surface area contributed by atoms with E-state index in [4.69, 9.17) is 0 Å². The molecule has 220 valence electrons. The lowest BCUT2D eigenvalue weighted by molar-refractivity contribution is -0.128. The molecule has 6 nitrogen and oxygen atoms in total. The van der Waals surface area contributed by atoms with Gasteiger partial charge in [0.05, 0.1) is 17.7 Å². The van der Waals surface area contributed by atoms with Gasteiger partial charge in [0.25, 0.3) is 0 Å². The number of hydrogen-bond acceptors (Lipinski definition) is 6. The third-order valence-electron chi connectivity index (χ3n) is 8.87. The third kappa shape index (κ3) is 8.03. The molecule has 0 radical (unpaired) electrons. The number of aromatic nitrogens is 1. The minimum Gasteiger partial charge on any atom is -0.395 e. The van der Waals surface area contributed by atoms with Gasteiger partial charge >= 0.3 is 0 Å². The number of Topliss-reactive ketones (excluding diaryl/α,β-unsaturated/α-hetero) is 1. The number of hydrogen-bond donors (Lipinski definition) is 1. The number of aliphatic hydroxyl groups excluding tert-OH is 1. The SMILES string of the molecule is C=C(CN1CCC(CO)(C(C)=O)C1)N1CCN(C2C=CC(c3ccccn3)=CC2)CC1.Cc1cccc(C(C)C)c1. The highest BCUT2D eigenvalue weighted by Crippen LogP contribution is 2.32. The first kappa shape index (κ1) is 30.9. The van der Waals surface area contributed by atoms with Gasteiger partial charge in [-0.2, -0.15) is 0 Å². The number of piperazine rings is 1. The molecule has 0 amide bonds. The van der Waals surface area contributed by atoms with E-state index in [0.717, 1.165) is 63.5 Å². The summed E-state index contributed by atoms with van der Waals surface area (Å²) in [4.78, 5) is 23.6. The van der Waals surface area contributed by atoms with Crippen molar-refractivity contribution < 1.29 is 9.90 Å². The molecular formula is C35H48N4O2. The van der Waals surface area contributed by atoms with Crippen molar-refractivity contribution in [2.24, 2.45) is 5.41 Å². The minimum absolute atomic E-state index is 0.0601. The maximum Gasteiger partial charge on any atom is 0.139 e. The lowest BCUT2D eigenvalue weighted by atomic mass is 9.84. The molecule has 0 spiro atoms. The van der Waals surface area contributed by atoms with Gasteiger partial charge in [0.2, 0.25) is 0 Å². The van der Waals surface area contributed by atoms with E-state index < -0.39 is 5.41 Å². The van der Waals surface area contributed by atoms with Crippen molar-refractivity contribution in [2.45, 2.75) is 52.5 Å². The molecule has 1 aromatic heterocycles. The summed E-state index contributed by atoms with van der Waals surface area (Å²) in [7, 11) is 0. The quantitative estimate of drug-likeness (QED) is 0.475. The highest BCUT2D eigenvalue weighted by molar-refractivity contribution is 5.83. The Labute approximate surface area is 247 Å². The zero-order chi connectivity index (χ0) is 29.4. The van der Waals surface area contributed by atoms with E-state index >= 15 is 0 Å². The number of rotatable bonds is 8.